The number of sulfonamides is 1. The maximum absolute atomic E-state index is 12.7. The molecule has 2 heterocycles. The van der Waals surface area contributed by atoms with Gasteiger partial charge < -0.3 is 5.73 Å². The Morgan fingerprint density at radius 3 is 2.90 bits per heavy atom. The van der Waals surface area contributed by atoms with Gasteiger partial charge in [0.05, 0.1) is 20.6 Å². The zero-order valence-electron chi connectivity index (χ0n) is 11.7. The lowest BCUT2D eigenvalue weighted by molar-refractivity contribution is 0.349. The van der Waals surface area contributed by atoms with Crippen LogP contribution in [0.15, 0.2) is 28.6 Å². The largest absolute Gasteiger partial charge is 0.330 e. The van der Waals surface area contributed by atoms with Gasteiger partial charge in [-0.2, -0.15) is 4.31 Å². The monoisotopic (exact) mass is 347 g/mol. The van der Waals surface area contributed by atoms with Crippen molar-refractivity contribution >= 4 is 44.0 Å². The van der Waals surface area contributed by atoms with Crippen molar-refractivity contribution in [3.8, 4) is 0 Å². The number of hydrogen-bond acceptors (Lipinski definition) is 5. The first-order valence-electron chi connectivity index (χ1n) is 6.48. The molecule has 5 nitrogen and oxygen atoms in total. The molecule has 1 atom stereocenters. The number of thiazole rings is 1. The summed E-state index contributed by atoms with van der Waals surface area (Å²) in [7, 11) is -3.43. The molecule has 2 aromatic rings. The summed E-state index contributed by atoms with van der Waals surface area (Å²) in [5.41, 5.74) is 8.20. The highest BCUT2D eigenvalue weighted by molar-refractivity contribution is 7.89. The van der Waals surface area contributed by atoms with E-state index in [0.717, 1.165) is 16.6 Å². The van der Waals surface area contributed by atoms with Crippen LogP contribution in [0.2, 0.25) is 0 Å². The summed E-state index contributed by atoms with van der Waals surface area (Å²) in [6.45, 7) is 3.57. The lowest BCUT2D eigenvalue weighted by Gasteiger charge is -2.22. The van der Waals surface area contributed by atoms with Crippen LogP contribution >= 0.6 is 23.7 Å². The Kier molecular flexibility index (Phi) is 4.60. The molecule has 8 heteroatoms. The molecule has 1 aromatic heterocycles. The summed E-state index contributed by atoms with van der Waals surface area (Å²) in [5.74, 6) is 0. The molecule has 1 aliphatic rings. The van der Waals surface area contributed by atoms with E-state index in [1.807, 2.05) is 6.92 Å². The third kappa shape index (κ3) is 2.93. The van der Waals surface area contributed by atoms with Crippen LogP contribution in [-0.4, -0.2) is 37.3 Å². The van der Waals surface area contributed by atoms with Crippen molar-refractivity contribution in [3.05, 3.63) is 23.7 Å². The Labute approximate surface area is 134 Å². The lowest BCUT2D eigenvalue weighted by atomic mass is 9.90. The zero-order valence-corrected chi connectivity index (χ0v) is 14.1. The maximum Gasteiger partial charge on any atom is 0.243 e. The van der Waals surface area contributed by atoms with E-state index >= 15 is 0 Å². The predicted molar refractivity (Wildman–Crippen MR) is 87.4 cm³/mol. The minimum atomic E-state index is -3.43. The van der Waals surface area contributed by atoms with E-state index in [1.54, 1.807) is 28.0 Å². The molecule has 116 valence electrons. The van der Waals surface area contributed by atoms with Crippen LogP contribution in [0, 0.1) is 5.41 Å². The van der Waals surface area contributed by atoms with Crippen molar-refractivity contribution in [1.29, 1.82) is 0 Å². The van der Waals surface area contributed by atoms with Gasteiger partial charge in [0.15, 0.2) is 0 Å². The second-order valence-electron chi connectivity index (χ2n) is 5.59. The summed E-state index contributed by atoms with van der Waals surface area (Å²) >= 11 is 1.45. The molecule has 0 bridgehead atoms. The molecule has 1 aromatic carbocycles. The number of halogens is 1. The van der Waals surface area contributed by atoms with Gasteiger partial charge in [-0.3, -0.25) is 0 Å². The summed E-state index contributed by atoms with van der Waals surface area (Å²) in [5, 5.41) is 0. The Morgan fingerprint density at radius 1 is 1.48 bits per heavy atom. The highest BCUT2D eigenvalue weighted by Gasteiger charge is 2.39. The summed E-state index contributed by atoms with van der Waals surface area (Å²) < 4.78 is 27.8. The Hall–Kier alpha value is -0.730. The van der Waals surface area contributed by atoms with E-state index in [9.17, 15) is 8.42 Å². The summed E-state index contributed by atoms with van der Waals surface area (Å²) in [6.07, 6.45) is 0.811. The maximum atomic E-state index is 12.7. The first-order valence-corrected chi connectivity index (χ1v) is 8.80. The number of benzene rings is 1. The van der Waals surface area contributed by atoms with Gasteiger partial charge in [-0.15, -0.1) is 23.7 Å². The molecule has 1 unspecified atom stereocenters. The zero-order chi connectivity index (χ0) is 14.4. The predicted octanol–water partition coefficient (Wildman–Crippen LogP) is 2.08. The molecule has 2 N–H and O–H groups in total. The average molecular weight is 348 g/mol. The Morgan fingerprint density at radius 2 is 2.24 bits per heavy atom. The third-order valence-corrected chi connectivity index (χ3v) is 6.59. The van der Waals surface area contributed by atoms with Gasteiger partial charge in [0.1, 0.15) is 0 Å². The van der Waals surface area contributed by atoms with Gasteiger partial charge in [-0.25, -0.2) is 13.4 Å². The van der Waals surface area contributed by atoms with Crippen LogP contribution in [0.25, 0.3) is 10.2 Å². The van der Waals surface area contributed by atoms with E-state index in [0.29, 0.717) is 24.5 Å². The molecular formula is C13H18ClN3O2S2. The smallest absolute Gasteiger partial charge is 0.243 e. The lowest BCUT2D eigenvalue weighted by Crippen LogP contribution is -2.34. The van der Waals surface area contributed by atoms with E-state index in [2.05, 4.69) is 4.98 Å². The molecule has 0 amide bonds. The van der Waals surface area contributed by atoms with E-state index in [-0.39, 0.29) is 17.8 Å². The van der Waals surface area contributed by atoms with Gasteiger partial charge in [-0.1, -0.05) is 6.92 Å². The van der Waals surface area contributed by atoms with Crippen LogP contribution in [0.3, 0.4) is 0 Å². The van der Waals surface area contributed by atoms with E-state index < -0.39 is 10.0 Å². The second-order valence-corrected chi connectivity index (χ2v) is 8.41. The van der Waals surface area contributed by atoms with Crippen LogP contribution in [0.4, 0.5) is 0 Å². The standard InChI is InChI=1S/C13H17N3O2S2.ClH/c1-13(7-14)4-5-16(8-13)20(17,18)10-2-3-11-12(6-10)19-9-15-11;/h2-3,6,9H,4-5,7-8,14H2,1H3;1H. The third-order valence-electron chi connectivity index (χ3n) is 3.96. The van der Waals surface area contributed by atoms with Gasteiger partial charge in [0.25, 0.3) is 0 Å². The van der Waals surface area contributed by atoms with Crippen molar-refractivity contribution in [1.82, 2.24) is 9.29 Å². The molecular weight excluding hydrogens is 330 g/mol. The van der Waals surface area contributed by atoms with Crippen molar-refractivity contribution in [2.75, 3.05) is 19.6 Å². The summed E-state index contributed by atoms with van der Waals surface area (Å²) in [6, 6.07) is 5.10. The topological polar surface area (TPSA) is 76.3 Å². The Bertz CT molecular complexity index is 747. The number of rotatable bonds is 3. The van der Waals surface area contributed by atoms with Gasteiger partial charge in [0.2, 0.25) is 10.0 Å². The fourth-order valence-electron chi connectivity index (χ4n) is 2.50. The first-order chi connectivity index (χ1) is 9.44. The van der Waals surface area contributed by atoms with Crippen molar-refractivity contribution < 1.29 is 8.42 Å². The molecule has 21 heavy (non-hydrogen) atoms. The number of nitrogens with zero attached hydrogens (tertiary/aromatic N) is 2. The molecule has 1 aliphatic heterocycles. The van der Waals surface area contributed by atoms with Crippen molar-refractivity contribution in [3.63, 3.8) is 0 Å². The normalized spacial score (nSPS) is 23.3. The fraction of sp³-hybridized carbons (Fsp3) is 0.462. The van der Waals surface area contributed by atoms with Crippen LogP contribution < -0.4 is 5.73 Å². The van der Waals surface area contributed by atoms with Gasteiger partial charge in [-0.05, 0) is 36.6 Å². The SMILES string of the molecule is CC1(CN)CCN(S(=O)(=O)c2ccc3ncsc3c2)C1.Cl. The minimum Gasteiger partial charge on any atom is -0.330 e. The highest BCUT2D eigenvalue weighted by Crippen LogP contribution is 2.33. The fourth-order valence-corrected chi connectivity index (χ4v) is 4.90. The van der Waals surface area contributed by atoms with Crippen molar-refractivity contribution in [2.45, 2.75) is 18.2 Å². The number of nitrogens with two attached hydrogens (primary N) is 1. The van der Waals surface area contributed by atoms with Gasteiger partial charge >= 0.3 is 0 Å². The summed E-state index contributed by atoms with van der Waals surface area (Å²) in [4.78, 5) is 4.51. The highest BCUT2D eigenvalue weighted by atomic mass is 35.5. The van der Waals surface area contributed by atoms with Crippen molar-refractivity contribution in [2.24, 2.45) is 11.1 Å². The van der Waals surface area contributed by atoms with Crippen LogP contribution in [0.5, 0.6) is 0 Å². The van der Waals surface area contributed by atoms with E-state index in [4.69, 9.17) is 5.73 Å². The molecule has 0 saturated carbocycles. The quantitative estimate of drug-likeness (QED) is 0.922. The minimum absolute atomic E-state index is 0. The van der Waals surface area contributed by atoms with Gasteiger partial charge in [0, 0.05) is 13.1 Å². The number of fused-ring (bicyclic) bond motifs is 1. The molecule has 0 radical (unpaired) electrons. The molecule has 1 saturated heterocycles. The first kappa shape index (κ1) is 16.6. The molecule has 0 spiro atoms. The van der Waals surface area contributed by atoms with E-state index in [1.165, 1.54) is 11.3 Å². The van der Waals surface area contributed by atoms with Crippen LogP contribution in [-0.2, 0) is 10.0 Å². The second kappa shape index (κ2) is 5.81. The molecule has 3 rings (SSSR count). The molecule has 1 fully saturated rings. The Balaban J connectivity index is 0.00000161. The van der Waals surface area contributed by atoms with Crippen LogP contribution in [0.1, 0.15) is 13.3 Å². The molecule has 0 aliphatic carbocycles. The average Bonchev–Trinajstić information content (AvgIpc) is 3.05. The number of hydrogen-bond donors (Lipinski definition) is 1. The number of aromatic nitrogens is 1.